The SMILES string of the molecule is Cc1ccc(-c2c(Br)c(OC(=O)COC3CC(C)CCC3C(C)C)c(-c3ccc(C)cc3C)c(Br)c2OC(=O)COC2CC(C)CCC2C(C)C)c(C)c1. The molecule has 0 aliphatic heterocycles. The summed E-state index contributed by atoms with van der Waals surface area (Å²) in [5.74, 6) is 2.51. The summed E-state index contributed by atoms with van der Waals surface area (Å²) in [6.07, 6.45) is 6.39. The number of aryl methyl sites for hydroxylation is 4. The van der Waals surface area contributed by atoms with Crippen molar-refractivity contribution in [3.05, 3.63) is 67.6 Å². The van der Waals surface area contributed by atoms with Gasteiger partial charge in [0.05, 0.1) is 21.2 Å². The van der Waals surface area contributed by atoms with Gasteiger partial charge >= 0.3 is 11.9 Å². The van der Waals surface area contributed by atoms with Gasteiger partial charge in [0.2, 0.25) is 0 Å². The van der Waals surface area contributed by atoms with E-state index in [9.17, 15) is 9.59 Å². The molecule has 6 atom stereocenters. The van der Waals surface area contributed by atoms with Crippen LogP contribution >= 0.6 is 31.9 Å². The molecule has 8 heteroatoms. The van der Waals surface area contributed by atoms with E-state index in [2.05, 4.69) is 85.5 Å². The van der Waals surface area contributed by atoms with Gasteiger partial charge < -0.3 is 18.9 Å². The van der Waals surface area contributed by atoms with E-state index < -0.39 is 11.9 Å². The van der Waals surface area contributed by atoms with E-state index in [1.165, 1.54) is 12.8 Å². The lowest BCUT2D eigenvalue weighted by Crippen LogP contribution is -2.36. The molecule has 294 valence electrons. The first-order valence-electron chi connectivity index (χ1n) is 19.9. The van der Waals surface area contributed by atoms with Gasteiger partial charge in [0.15, 0.2) is 11.5 Å². The third-order valence-corrected chi connectivity index (χ3v) is 13.3. The Labute approximate surface area is 340 Å². The number of hydrogen-bond acceptors (Lipinski definition) is 6. The van der Waals surface area contributed by atoms with E-state index in [-0.39, 0.29) is 25.4 Å². The van der Waals surface area contributed by atoms with E-state index in [1.54, 1.807) is 0 Å². The van der Waals surface area contributed by atoms with Gasteiger partial charge in [-0.25, -0.2) is 9.59 Å². The molecule has 2 fully saturated rings. The first-order valence-corrected chi connectivity index (χ1v) is 21.5. The van der Waals surface area contributed by atoms with Crippen molar-refractivity contribution < 1.29 is 28.5 Å². The van der Waals surface area contributed by atoms with Crippen molar-refractivity contribution in [2.24, 2.45) is 35.5 Å². The molecule has 0 saturated heterocycles. The summed E-state index contributed by atoms with van der Waals surface area (Å²) < 4.78 is 26.5. The van der Waals surface area contributed by atoms with Crippen LogP contribution in [0.2, 0.25) is 0 Å². The van der Waals surface area contributed by atoms with Crippen molar-refractivity contribution in [1.29, 1.82) is 0 Å². The third-order valence-electron chi connectivity index (χ3n) is 11.8. The molecule has 0 radical (unpaired) electrons. The van der Waals surface area contributed by atoms with Crippen LogP contribution in [0.25, 0.3) is 22.3 Å². The lowest BCUT2D eigenvalue weighted by Gasteiger charge is -2.37. The molecule has 2 saturated carbocycles. The highest BCUT2D eigenvalue weighted by Gasteiger charge is 2.35. The molecule has 3 aromatic rings. The Morgan fingerprint density at radius 1 is 0.630 bits per heavy atom. The van der Waals surface area contributed by atoms with Gasteiger partial charge in [-0.15, -0.1) is 0 Å². The van der Waals surface area contributed by atoms with Gasteiger partial charge in [-0.1, -0.05) is 102 Å². The van der Waals surface area contributed by atoms with Crippen LogP contribution in [-0.4, -0.2) is 37.4 Å². The molecule has 0 spiro atoms. The number of benzene rings is 3. The van der Waals surface area contributed by atoms with Crippen LogP contribution in [0.15, 0.2) is 45.3 Å². The second-order valence-electron chi connectivity index (χ2n) is 17.0. The van der Waals surface area contributed by atoms with E-state index in [4.69, 9.17) is 18.9 Å². The molecular formula is C46H60Br2O6. The fourth-order valence-corrected chi connectivity index (χ4v) is 10.1. The lowest BCUT2D eigenvalue weighted by atomic mass is 9.75. The average molecular weight is 869 g/mol. The maximum Gasteiger partial charge on any atom is 0.337 e. The highest BCUT2D eigenvalue weighted by molar-refractivity contribution is 9.11. The predicted molar refractivity (Wildman–Crippen MR) is 225 cm³/mol. The highest BCUT2D eigenvalue weighted by atomic mass is 79.9. The Kier molecular flexibility index (Phi) is 14.7. The van der Waals surface area contributed by atoms with E-state index in [0.29, 0.717) is 67.1 Å². The molecule has 5 rings (SSSR count). The summed E-state index contributed by atoms with van der Waals surface area (Å²) in [5, 5.41) is 0. The van der Waals surface area contributed by atoms with E-state index >= 15 is 0 Å². The van der Waals surface area contributed by atoms with Crippen LogP contribution in [0.5, 0.6) is 11.5 Å². The second-order valence-corrected chi connectivity index (χ2v) is 18.6. The summed E-state index contributed by atoms with van der Waals surface area (Å²) in [7, 11) is 0. The van der Waals surface area contributed by atoms with Gasteiger partial charge in [-0.2, -0.15) is 0 Å². The Morgan fingerprint density at radius 2 is 1.00 bits per heavy atom. The second kappa shape index (κ2) is 18.6. The number of carbonyl (C=O) groups is 2. The number of hydrogen-bond donors (Lipinski definition) is 0. The summed E-state index contributed by atoms with van der Waals surface area (Å²) >= 11 is 7.79. The fourth-order valence-electron chi connectivity index (χ4n) is 8.76. The standard InChI is InChI=1S/C46H60Br2O6/c1-25(2)33-15-11-29(7)21-37(33)51-23-39(49)53-45-41(35-17-13-27(5)19-31(35)9)44(48)46(42(43(45)47)36-18-14-28(6)20-32(36)10)54-40(50)24-52-38-22-30(8)12-16-34(38)26(3)4/h13-14,17-20,25-26,29-30,33-34,37-38H,11-12,15-16,21-24H2,1-10H3. The molecule has 3 aromatic carbocycles. The summed E-state index contributed by atoms with van der Waals surface area (Å²) in [6, 6.07) is 12.3. The van der Waals surface area contributed by atoms with Crippen LogP contribution in [0.1, 0.15) is 102 Å². The Hall–Kier alpha value is -2.52. The van der Waals surface area contributed by atoms with E-state index in [1.807, 2.05) is 52.0 Å². The number of rotatable bonds is 12. The van der Waals surface area contributed by atoms with Crippen molar-refractivity contribution in [3.8, 4) is 33.8 Å². The van der Waals surface area contributed by atoms with Crippen LogP contribution in [-0.2, 0) is 19.1 Å². The molecule has 2 aliphatic carbocycles. The maximum absolute atomic E-state index is 13.9. The zero-order valence-electron chi connectivity index (χ0n) is 33.9. The maximum atomic E-state index is 13.9. The quantitative estimate of drug-likeness (QED) is 0.133. The van der Waals surface area contributed by atoms with Crippen LogP contribution in [0, 0.1) is 63.2 Å². The molecular weight excluding hydrogens is 808 g/mol. The normalized spacial score (nSPS) is 23.1. The van der Waals surface area contributed by atoms with Crippen molar-refractivity contribution in [2.45, 2.75) is 120 Å². The summed E-state index contributed by atoms with van der Waals surface area (Å²) in [4.78, 5) is 27.7. The van der Waals surface area contributed by atoms with Gasteiger partial charge in [0, 0.05) is 11.1 Å². The molecule has 0 aromatic heterocycles. The molecule has 0 heterocycles. The van der Waals surface area contributed by atoms with Crippen molar-refractivity contribution >= 4 is 43.8 Å². The topological polar surface area (TPSA) is 71.1 Å². The molecule has 2 aliphatic rings. The lowest BCUT2D eigenvalue weighted by molar-refractivity contribution is -0.145. The number of ether oxygens (including phenoxy) is 4. The molecule has 54 heavy (non-hydrogen) atoms. The van der Waals surface area contributed by atoms with Gasteiger partial charge in [-0.3, -0.25) is 0 Å². The number of carbonyl (C=O) groups excluding carboxylic acids is 2. The summed E-state index contributed by atoms with van der Waals surface area (Å²) in [6.45, 7) is 21.2. The average Bonchev–Trinajstić information content (AvgIpc) is 3.09. The molecule has 6 unspecified atom stereocenters. The van der Waals surface area contributed by atoms with Crippen LogP contribution in [0.4, 0.5) is 0 Å². The van der Waals surface area contributed by atoms with Gasteiger partial charge in [0.25, 0.3) is 0 Å². The van der Waals surface area contributed by atoms with Crippen LogP contribution < -0.4 is 9.47 Å². The predicted octanol–water partition coefficient (Wildman–Crippen LogP) is 12.5. The highest BCUT2D eigenvalue weighted by Crippen LogP contribution is 2.55. The minimum absolute atomic E-state index is 0.00212. The molecule has 0 bridgehead atoms. The zero-order chi connectivity index (χ0) is 39.4. The molecule has 6 nitrogen and oxygen atoms in total. The third kappa shape index (κ3) is 10.1. The van der Waals surface area contributed by atoms with Crippen LogP contribution in [0.3, 0.4) is 0 Å². The molecule has 0 N–H and O–H groups in total. The van der Waals surface area contributed by atoms with E-state index in [0.717, 1.165) is 59.1 Å². The first kappa shape index (κ1) is 42.6. The smallest absolute Gasteiger partial charge is 0.337 e. The largest absolute Gasteiger partial charge is 0.423 e. The van der Waals surface area contributed by atoms with Crippen molar-refractivity contribution in [2.75, 3.05) is 13.2 Å². The minimum atomic E-state index is -0.486. The Bertz CT molecular complexity index is 1680. The Morgan fingerprint density at radius 3 is 1.33 bits per heavy atom. The number of esters is 2. The van der Waals surface area contributed by atoms with Crippen molar-refractivity contribution in [1.82, 2.24) is 0 Å². The zero-order valence-corrected chi connectivity index (χ0v) is 37.1. The Balaban J connectivity index is 1.57. The fraction of sp³-hybridized carbons (Fsp3) is 0.565. The van der Waals surface area contributed by atoms with Crippen molar-refractivity contribution in [3.63, 3.8) is 0 Å². The number of halogens is 2. The van der Waals surface area contributed by atoms with Gasteiger partial charge in [0.1, 0.15) is 13.2 Å². The van der Waals surface area contributed by atoms with Gasteiger partial charge in [-0.05, 0) is 143 Å². The minimum Gasteiger partial charge on any atom is -0.423 e. The summed E-state index contributed by atoms with van der Waals surface area (Å²) in [5.41, 5.74) is 7.08. The first-order chi connectivity index (χ1) is 25.5. The molecule has 0 amide bonds. The monoisotopic (exact) mass is 866 g/mol.